The van der Waals surface area contributed by atoms with Gasteiger partial charge in [-0.05, 0) is 32.9 Å². The normalized spacial score (nSPS) is 18.4. The van der Waals surface area contributed by atoms with Gasteiger partial charge in [0, 0.05) is 26.2 Å². The van der Waals surface area contributed by atoms with Crippen LogP contribution in [0.4, 0.5) is 0 Å². The molecule has 1 rings (SSSR count). The maximum atomic E-state index is 9.53. The topological polar surface area (TPSA) is 44.7 Å². The quantitative estimate of drug-likeness (QED) is 0.529. The molecule has 1 fully saturated rings. The van der Waals surface area contributed by atoms with Crippen molar-refractivity contribution in [3.8, 4) is 0 Å². The van der Waals surface area contributed by atoms with Crippen molar-refractivity contribution in [3.63, 3.8) is 0 Å². The van der Waals surface area contributed by atoms with E-state index in [2.05, 4.69) is 10.2 Å². The van der Waals surface area contributed by atoms with Crippen molar-refractivity contribution < 1.29 is 9.84 Å². The Hall–Kier alpha value is -0.160. The van der Waals surface area contributed by atoms with Gasteiger partial charge in [-0.25, -0.2) is 0 Å². The van der Waals surface area contributed by atoms with Crippen LogP contribution in [0.15, 0.2) is 0 Å². The number of nitrogens with one attached hydrogen (secondary N) is 1. The van der Waals surface area contributed by atoms with E-state index in [1.165, 1.54) is 12.8 Å². The molecular formula is C11H24N2O2. The number of likely N-dealkylation sites (N-methyl/N-ethyl adjacent to an activating group) is 2. The number of ether oxygens (including phenoxy) is 1. The van der Waals surface area contributed by atoms with E-state index in [1.807, 2.05) is 14.1 Å². The molecule has 1 unspecified atom stereocenters. The second kappa shape index (κ2) is 7.17. The SMILES string of the molecule is CNCC(O)CN(C)CCOCC1CC1. The monoisotopic (exact) mass is 216 g/mol. The molecule has 0 aliphatic heterocycles. The molecule has 1 aliphatic rings. The second-order valence-corrected chi connectivity index (χ2v) is 4.49. The minimum atomic E-state index is -0.288. The Balaban J connectivity index is 1.89. The zero-order chi connectivity index (χ0) is 11.1. The van der Waals surface area contributed by atoms with Crippen molar-refractivity contribution in [1.29, 1.82) is 0 Å². The molecule has 0 saturated heterocycles. The van der Waals surface area contributed by atoms with Crippen LogP contribution in [0.25, 0.3) is 0 Å². The van der Waals surface area contributed by atoms with E-state index < -0.39 is 0 Å². The van der Waals surface area contributed by atoms with Gasteiger partial charge in [0.05, 0.1) is 12.7 Å². The van der Waals surface area contributed by atoms with Crippen LogP contribution in [0.3, 0.4) is 0 Å². The summed E-state index contributed by atoms with van der Waals surface area (Å²) < 4.78 is 5.53. The number of rotatable bonds is 9. The number of aliphatic hydroxyl groups excluding tert-OH is 1. The van der Waals surface area contributed by atoms with Crippen LogP contribution in [0.1, 0.15) is 12.8 Å². The Morgan fingerprint density at radius 1 is 1.53 bits per heavy atom. The molecule has 1 aliphatic carbocycles. The van der Waals surface area contributed by atoms with Crippen LogP contribution in [-0.4, -0.2) is 63.1 Å². The van der Waals surface area contributed by atoms with E-state index in [4.69, 9.17) is 4.74 Å². The third-order valence-electron chi connectivity index (χ3n) is 2.63. The van der Waals surface area contributed by atoms with Crippen LogP contribution >= 0.6 is 0 Å². The Bertz CT molecular complexity index is 163. The highest BCUT2D eigenvalue weighted by Crippen LogP contribution is 2.28. The van der Waals surface area contributed by atoms with Crippen LogP contribution in [0.2, 0.25) is 0 Å². The first-order valence-electron chi connectivity index (χ1n) is 5.81. The third kappa shape index (κ3) is 6.84. The molecule has 4 nitrogen and oxygen atoms in total. The molecule has 0 bridgehead atoms. The first-order valence-corrected chi connectivity index (χ1v) is 5.81. The molecule has 4 heteroatoms. The first kappa shape index (κ1) is 12.9. The average Bonchev–Trinajstić information content (AvgIpc) is 2.96. The molecule has 90 valence electrons. The fourth-order valence-electron chi connectivity index (χ4n) is 1.51. The Morgan fingerprint density at radius 2 is 2.27 bits per heavy atom. The Morgan fingerprint density at radius 3 is 2.87 bits per heavy atom. The molecule has 0 aromatic heterocycles. The van der Waals surface area contributed by atoms with E-state index in [0.717, 1.165) is 25.7 Å². The van der Waals surface area contributed by atoms with E-state index >= 15 is 0 Å². The predicted molar refractivity (Wildman–Crippen MR) is 61.0 cm³/mol. The summed E-state index contributed by atoms with van der Waals surface area (Å²) in [6.45, 7) is 3.95. The molecule has 15 heavy (non-hydrogen) atoms. The van der Waals surface area contributed by atoms with E-state index in [9.17, 15) is 5.11 Å². The van der Waals surface area contributed by atoms with Crippen molar-refractivity contribution >= 4 is 0 Å². The highest BCUT2D eigenvalue weighted by atomic mass is 16.5. The molecule has 1 saturated carbocycles. The predicted octanol–water partition coefficient (Wildman–Crippen LogP) is -0.0749. The van der Waals surface area contributed by atoms with Crippen molar-refractivity contribution in [1.82, 2.24) is 10.2 Å². The fourth-order valence-corrected chi connectivity index (χ4v) is 1.51. The highest BCUT2D eigenvalue weighted by molar-refractivity contribution is 4.72. The summed E-state index contributed by atoms with van der Waals surface area (Å²) in [5.74, 6) is 0.838. The number of aliphatic hydroxyl groups is 1. The molecule has 0 amide bonds. The summed E-state index contributed by atoms with van der Waals surface area (Å²) in [5, 5.41) is 12.5. The van der Waals surface area contributed by atoms with Gasteiger partial charge in [-0.1, -0.05) is 0 Å². The summed E-state index contributed by atoms with van der Waals surface area (Å²) in [5.41, 5.74) is 0. The van der Waals surface area contributed by atoms with Gasteiger partial charge in [-0.15, -0.1) is 0 Å². The van der Waals surface area contributed by atoms with Gasteiger partial charge in [0.2, 0.25) is 0 Å². The van der Waals surface area contributed by atoms with Crippen LogP contribution in [0, 0.1) is 5.92 Å². The first-order chi connectivity index (χ1) is 7.22. The van der Waals surface area contributed by atoms with Crippen molar-refractivity contribution in [2.24, 2.45) is 5.92 Å². The molecule has 0 spiro atoms. The van der Waals surface area contributed by atoms with Crippen molar-refractivity contribution in [2.75, 3.05) is 46.9 Å². The van der Waals surface area contributed by atoms with Crippen molar-refractivity contribution in [2.45, 2.75) is 18.9 Å². The van der Waals surface area contributed by atoms with Gasteiger partial charge in [-0.3, -0.25) is 0 Å². The molecular weight excluding hydrogens is 192 g/mol. The van der Waals surface area contributed by atoms with Crippen LogP contribution in [-0.2, 0) is 4.74 Å². The maximum absolute atomic E-state index is 9.53. The van der Waals surface area contributed by atoms with Gasteiger partial charge in [0.25, 0.3) is 0 Å². The summed E-state index contributed by atoms with van der Waals surface area (Å²) in [7, 11) is 3.86. The molecule has 0 aromatic carbocycles. The summed E-state index contributed by atoms with van der Waals surface area (Å²) in [6.07, 6.45) is 2.40. The minimum absolute atomic E-state index is 0.288. The highest BCUT2D eigenvalue weighted by Gasteiger charge is 2.20. The molecule has 1 atom stereocenters. The standard InChI is InChI=1S/C11H24N2O2/c1-12-7-11(14)8-13(2)5-6-15-9-10-3-4-10/h10-12,14H,3-9H2,1-2H3. The zero-order valence-electron chi connectivity index (χ0n) is 9.91. The van der Waals surface area contributed by atoms with Gasteiger partial charge in [0.15, 0.2) is 0 Å². The van der Waals surface area contributed by atoms with Gasteiger partial charge in [-0.2, -0.15) is 0 Å². The van der Waals surface area contributed by atoms with E-state index in [1.54, 1.807) is 0 Å². The lowest BCUT2D eigenvalue weighted by molar-refractivity contribution is 0.0799. The average molecular weight is 216 g/mol. The van der Waals surface area contributed by atoms with E-state index in [-0.39, 0.29) is 6.10 Å². The summed E-state index contributed by atoms with van der Waals surface area (Å²) in [4.78, 5) is 2.11. The summed E-state index contributed by atoms with van der Waals surface area (Å²) in [6, 6.07) is 0. The lowest BCUT2D eigenvalue weighted by Gasteiger charge is -2.20. The number of hydrogen-bond acceptors (Lipinski definition) is 4. The van der Waals surface area contributed by atoms with Gasteiger partial charge < -0.3 is 20.1 Å². The lowest BCUT2D eigenvalue weighted by Crippen LogP contribution is -2.36. The Labute approximate surface area is 92.6 Å². The maximum Gasteiger partial charge on any atom is 0.0791 e. The number of nitrogens with zero attached hydrogens (tertiary/aromatic N) is 1. The zero-order valence-corrected chi connectivity index (χ0v) is 9.91. The second-order valence-electron chi connectivity index (χ2n) is 4.49. The fraction of sp³-hybridized carbons (Fsp3) is 1.00. The summed E-state index contributed by atoms with van der Waals surface area (Å²) >= 11 is 0. The van der Waals surface area contributed by atoms with Gasteiger partial charge >= 0.3 is 0 Å². The molecule has 2 N–H and O–H groups in total. The number of hydrogen-bond donors (Lipinski definition) is 2. The largest absolute Gasteiger partial charge is 0.390 e. The molecule has 0 heterocycles. The van der Waals surface area contributed by atoms with E-state index in [0.29, 0.717) is 13.1 Å². The van der Waals surface area contributed by atoms with Crippen molar-refractivity contribution in [3.05, 3.63) is 0 Å². The van der Waals surface area contributed by atoms with Crippen LogP contribution in [0.5, 0.6) is 0 Å². The minimum Gasteiger partial charge on any atom is -0.390 e. The molecule has 0 radical (unpaired) electrons. The molecule has 0 aromatic rings. The van der Waals surface area contributed by atoms with Crippen LogP contribution < -0.4 is 5.32 Å². The van der Waals surface area contributed by atoms with Gasteiger partial charge in [0.1, 0.15) is 0 Å². The smallest absolute Gasteiger partial charge is 0.0791 e. The lowest BCUT2D eigenvalue weighted by atomic mass is 10.3. The third-order valence-corrected chi connectivity index (χ3v) is 2.63. The Kier molecular flexibility index (Phi) is 6.17.